The maximum atomic E-state index is 6.47. The molecule has 0 aliphatic carbocycles. The summed E-state index contributed by atoms with van der Waals surface area (Å²) in [6.07, 6.45) is 1.88. The van der Waals surface area contributed by atoms with E-state index in [4.69, 9.17) is 21.1 Å². The number of piperazine rings is 1. The standard InChI is InChI=1S/C16H23ClN2O2/c1-12-13(3-6-19-7-4-18-5-8-19)14(17)11-15-16(12)21-10-2-9-20-15/h11,18H,2-10H2,1H3. The Labute approximate surface area is 131 Å². The molecule has 1 saturated heterocycles. The summed E-state index contributed by atoms with van der Waals surface area (Å²) in [7, 11) is 0. The SMILES string of the molecule is Cc1c(CCN2CCNCC2)c(Cl)cc2c1OCCCO2. The van der Waals surface area contributed by atoms with Gasteiger partial charge in [-0.1, -0.05) is 11.6 Å². The first-order valence-corrected chi connectivity index (χ1v) is 8.14. The van der Waals surface area contributed by atoms with Crippen molar-refractivity contribution in [3.8, 4) is 11.5 Å². The highest BCUT2D eigenvalue weighted by atomic mass is 35.5. The van der Waals surface area contributed by atoms with E-state index in [9.17, 15) is 0 Å². The van der Waals surface area contributed by atoms with Crippen LogP contribution >= 0.6 is 11.6 Å². The first-order valence-electron chi connectivity index (χ1n) is 7.76. The van der Waals surface area contributed by atoms with Gasteiger partial charge in [-0.25, -0.2) is 0 Å². The van der Waals surface area contributed by atoms with E-state index in [1.54, 1.807) is 0 Å². The summed E-state index contributed by atoms with van der Waals surface area (Å²) >= 11 is 6.47. The smallest absolute Gasteiger partial charge is 0.164 e. The van der Waals surface area contributed by atoms with Crippen LogP contribution in [-0.4, -0.2) is 50.8 Å². The Kier molecular flexibility index (Phi) is 4.88. The predicted molar refractivity (Wildman–Crippen MR) is 84.8 cm³/mol. The van der Waals surface area contributed by atoms with Crippen molar-refractivity contribution in [3.05, 3.63) is 22.2 Å². The van der Waals surface area contributed by atoms with Crippen molar-refractivity contribution in [1.82, 2.24) is 10.2 Å². The van der Waals surface area contributed by atoms with Crippen molar-refractivity contribution in [1.29, 1.82) is 0 Å². The molecular weight excluding hydrogens is 288 g/mol. The number of benzene rings is 1. The molecule has 1 N–H and O–H groups in total. The number of nitrogens with one attached hydrogen (secondary N) is 1. The lowest BCUT2D eigenvalue weighted by Gasteiger charge is -2.27. The second-order valence-electron chi connectivity index (χ2n) is 5.68. The Morgan fingerprint density at radius 2 is 2.00 bits per heavy atom. The molecule has 5 heteroatoms. The lowest BCUT2D eigenvalue weighted by atomic mass is 10.0. The highest BCUT2D eigenvalue weighted by Gasteiger charge is 2.19. The van der Waals surface area contributed by atoms with E-state index in [0.717, 1.165) is 67.7 Å². The number of fused-ring (bicyclic) bond motifs is 1. The van der Waals surface area contributed by atoms with Gasteiger partial charge < -0.3 is 19.7 Å². The average molecular weight is 311 g/mol. The molecule has 2 aliphatic heterocycles. The minimum absolute atomic E-state index is 0.697. The number of hydrogen-bond acceptors (Lipinski definition) is 4. The molecule has 0 unspecified atom stereocenters. The van der Waals surface area contributed by atoms with Crippen LogP contribution in [-0.2, 0) is 6.42 Å². The summed E-state index contributed by atoms with van der Waals surface area (Å²) in [6.45, 7) is 8.92. The van der Waals surface area contributed by atoms with Crippen LogP contribution in [0, 0.1) is 6.92 Å². The van der Waals surface area contributed by atoms with Gasteiger partial charge in [0.2, 0.25) is 0 Å². The third kappa shape index (κ3) is 3.44. The highest BCUT2D eigenvalue weighted by molar-refractivity contribution is 6.31. The Balaban J connectivity index is 1.76. The second kappa shape index (κ2) is 6.86. The van der Waals surface area contributed by atoms with E-state index in [2.05, 4.69) is 17.1 Å². The van der Waals surface area contributed by atoms with Crippen LogP contribution in [0.5, 0.6) is 11.5 Å². The fourth-order valence-electron chi connectivity index (χ4n) is 2.98. The first kappa shape index (κ1) is 14.9. The lowest BCUT2D eigenvalue weighted by molar-refractivity contribution is 0.243. The van der Waals surface area contributed by atoms with Gasteiger partial charge in [-0.15, -0.1) is 0 Å². The van der Waals surface area contributed by atoms with Crippen molar-refractivity contribution >= 4 is 11.6 Å². The van der Waals surface area contributed by atoms with Gasteiger partial charge >= 0.3 is 0 Å². The normalized spacial score (nSPS) is 19.3. The molecule has 116 valence electrons. The fraction of sp³-hybridized carbons (Fsp3) is 0.625. The van der Waals surface area contributed by atoms with Crippen molar-refractivity contribution in [2.75, 3.05) is 45.9 Å². The van der Waals surface area contributed by atoms with Crippen molar-refractivity contribution < 1.29 is 9.47 Å². The molecular formula is C16H23ClN2O2. The van der Waals surface area contributed by atoms with Crippen molar-refractivity contribution in [2.45, 2.75) is 19.8 Å². The monoisotopic (exact) mass is 310 g/mol. The first-order chi connectivity index (χ1) is 10.3. The zero-order valence-electron chi connectivity index (χ0n) is 12.6. The molecule has 0 amide bonds. The van der Waals surface area contributed by atoms with Crippen LogP contribution < -0.4 is 14.8 Å². The summed E-state index contributed by atoms with van der Waals surface area (Å²) in [5.74, 6) is 1.67. The van der Waals surface area contributed by atoms with Gasteiger partial charge in [0.15, 0.2) is 11.5 Å². The largest absolute Gasteiger partial charge is 0.489 e. The topological polar surface area (TPSA) is 33.7 Å². The fourth-order valence-corrected chi connectivity index (χ4v) is 3.32. The van der Waals surface area contributed by atoms with Gasteiger partial charge in [-0.05, 0) is 24.5 Å². The van der Waals surface area contributed by atoms with E-state index in [1.165, 1.54) is 5.56 Å². The molecule has 0 saturated carbocycles. The number of halogens is 1. The number of nitrogens with zero attached hydrogens (tertiary/aromatic N) is 1. The second-order valence-corrected chi connectivity index (χ2v) is 6.09. The third-order valence-corrected chi connectivity index (χ3v) is 4.58. The van der Waals surface area contributed by atoms with Crippen LogP contribution in [0.15, 0.2) is 6.07 Å². The molecule has 0 radical (unpaired) electrons. The summed E-state index contributed by atoms with van der Waals surface area (Å²) in [6, 6.07) is 1.92. The van der Waals surface area contributed by atoms with Crippen LogP contribution in [0.4, 0.5) is 0 Å². The minimum atomic E-state index is 0.697. The molecule has 0 atom stereocenters. The van der Waals surface area contributed by atoms with E-state index < -0.39 is 0 Å². The Morgan fingerprint density at radius 3 is 2.81 bits per heavy atom. The highest BCUT2D eigenvalue weighted by Crippen LogP contribution is 2.39. The zero-order chi connectivity index (χ0) is 14.7. The number of ether oxygens (including phenoxy) is 2. The molecule has 0 spiro atoms. The summed E-state index contributed by atoms with van der Waals surface area (Å²) in [5.41, 5.74) is 2.33. The number of hydrogen-bond donors (Lipinski definition) is 1. The molecule has 1 fully saturated rings. The van der Waals surface area contributed by atoms with Crippen LogP contribution in [0.1, 0.15) is 17.5 Å². The maximum Gasteiger partial charge on any atom is 0.164 e. The Hall–Kier alpha value is -0.970. The average Bonchev–Trinajstić information content (AvgIpc) is 2.73. The Morgan fingerprint density at radius 1 is 1.24 bits per heavy atom. The molecule has 2 aliphatic rings. The molecule has 0 bridgehead atoms. The maximum absolute atomic E-state index is 6.47. The van der Waals surface area contributed by atoms with E-state index >= 15 is 0 Å². The molecule has 3 rings (SSSR count). The summed E-state index contributed by atoms with van der Waals surface area (Å²) < 4.78 is 11.6. The van der Waals surface area contributed by atoms with Gasteiger partial charge in [0, 0.05) is 50.2 Å². The van der Waals surface area contributed by atoms with Crippen LogP contribution in [0.2, 0.25) is 5.02 Å². The van der Waals surface area contributed by atoms with Crippen molar-refractivity contribution in [2.24, 2.45) is 0 Å². The Bertz CT molecular complexity index is 502. The van der Waals surface area contributed by atoms with E-state index in [0.29, 0.717) is 13.2 Å². The molecule has 1 aromatic carbocycles. The number of rotatable bonds is 3. The van der Waals surface area contributed by atoms with E-state index in [1.807, 2.05) is 6.07 Å². The molecule has 21 heavy (non-hydrogen) atoms. The quantitative estimate of drug-likeness (QED) is 0.928. The van der Waals surface area contributed by atoms with Gasteiger partial charge in [-0.2, -0.15) is 0 Å². The van der Waals surface area contributed by atoms with Crippen LogP contribution in [0.25, 0.3) is 0 Å². The van der Waals surface area contributed by atoms with Gasteiger partial charge in [0.25, 0.3) is 0 Å². The third-order valence-electron chi connectivity index (χ3n) is 4.24. The molecule has 1 aromatic rings. The lowest BCUT2D eigenvalue weighted by Crippen LogP contribution is -2.44. The van der Waals surface area contributed by atoms with Crippen molar-refractivity contribution in [3.63, 3.8) is 0 Å². The van der Waals surface area contributed by atoms with Crippen LogP contribution in [0.3, 0.4) is 0 Å². The molecule has 2 heterocycles. The van der Waals surface area contributed by atoms with E-state index in [-0.39, 0.29) is 0 Å². The molecule has 4 nitrogen and oxygen atoms in total. The summed E-state index contributed by atoms with van der Waals surface area (Å²) in [4.78, 5) is 2.48. The molecule has 0 aromatic heterocycles. The van der Waals surface area contributed by atoms with Gasteiger partial charge in [0.05, 0.1) is 13.2 Å². The zero-order valence-corrected chi connectivity index (χ0v) is 13.3. The summed E-state index contributed by atoms with van der Waals surface area (Å²) in [5, 5.41) is 4.18. The minimum Gasteiger partial charge on any atom is -0.489 e. The van der Waals surface area contributed by atoms with Gasteiger partial charge in [-0.3, -0.25) is 0 Å². The van der Waals surface area contributed by atoms with Gasteiger partial charge in [0.1, 0.15) is 0 Å². The predicted octanol–water partition coefficient (Wildman–Crippen LogP) is 2.26.